The molecule has 0 aromatic heterocycles. The quantitative estimate of drug-likeness (QED) is 0.326. The van der Waals surface area contributed by atoms with Crippen LogP contribution in [0.2, 0.25) is 0 Å². The first-order chi connectivity index (χ1) is 6.91. The summed E-state index contributed by atoms with van der Waals surface area (Å²) in [5, 5.41) is 10.4. The third-order valence-electron chi connectivity index (χ3n) is 1.67. The summed E-state index contributed by atoms with van der Waals surface area (Å²) in [6.45, 7) is 2.55. The van der Waals surface area contributed by atoms with Crippen LogP contribution >= 0.6 is 0 Å². The van der Waals surface area contributed by atoms with Gasteiger partial charge in [-0.25, -0.2) is 4.39 Å². The summed E-state index contributed by atoms with van der Waals surface area (Å²) < 4.78 is 17.8. The first-order valence-corrected chi connectivity index (χ1v) is 4.04. The van der Waals surface area contributed by atoms with E-state index in [1.54, 1.807) is 0 Å². The number of benzene rings is 1. The number of aryl methyl sites for hydroxylation is 1. The molecule has 5 nitrogen and oxygen atoms in total. The van der Waals surface area contributed by atoms with Crippen LogP contribution in [0.25, 0.3) is 0 Å². The highest BCUT2D eigenvalue weighted by Gasteiger charge is 2.16. The largest absolute Gasteiger partial charge is 0.423 e. The maximum atomic E-state index is 13.2. The van der Waals surface area contributed by atoms with Crippen LogP contribution in [0.5, 0.6) is 5.75 Å². The number of nitro benzene ring substituents is 1. The smallest absolute Gasteiger partial charge is 0.308 e. The van der Waals surface area contributed by atoms with Crippen molar-refractivity contribution in [3.8, 4) is 5.75 Å². The van der Waals surface area contributed by atoms with Gasteiger partial charge in [-0.05, 0) is 6.92 Å². The molecule has 0 spiro atoms. The van der Waals surface area contributed by atoms with Gasteiger partial charge in [0.25, 0.3) is 5.69 Å². The van der Waals surface area contributed by atoms with Crippen LogP contribution in [0.1, 0.15) is 12.5 Å². The number of nitro groups is 1. The second kappa shape index (κ2) is 4.04. The molecule has 0 radical (unpaired) electrons. The van der Waals surface area contributed by atoms with E-state index in [9.17, 15) is 19.3 Å². The Bertz CT molecular complexity index is 407. The molecule has 6 heteroatoms. The zero-order valence-electron chi connectivity index (χ0n) is 8.11. The lowest BCUT2D eigenvalue weighted by molar-refractivity contribution is -0.385. The van der Waals surface area contributed by atoms with Gasteiger partial charge < -0.3 is 4.74 Å². The minimum absolute atomic E-state index is 0.205. The van der Waals surface area contributed by atoms with Gasteiger partial charge in [-0.1, -0.05) is 0 Å². The van der Waals surface area contributed by atoms with Crippen LogP contribution in [0.15, 0.2) is 12.1 Å². The topological polar surface area (TPSA) is 69.4 Å². The molecule has 1 rings (SSSR count). The molecule has 0 bridgehead atoms. The summed E-state index contributed by atoms with van der Waals surface area (Å²) in [5.74, 6) is -1.86. The van der Waals surface area contributed by atoms with Crippen molar-refractivity contribution in [3.05, 3.63) is 33.6 Å². The Morgan fingerprint density at radius 3 is 2.53 bits per heavy atom. The number of ether oxygens (including phenoxy) is 1. The zero-order chi connectivity index (χ0) is 11.6. The fourth-order valence-corrected chi connectivity index (χ4v) is 1.09. The normalized spacial score (nSPS) is 9.80. The highest BCUT2D eigenvalue weighted by molar-refractivity contribution is 5.70. The van der Waals surface area contributed by atoms with Gasteiger partial charge in [0, 0.05) is 18.6 Å². The second-order valence-electron chi connectivity index (χ2n) is 2.92. The van der Waals surface area contributed by atoms with E-state index < -0.39 is 16.7 Å². The Labute approximate surface area is 84.6 Å². The number of non-ortho nitro benzene ring substituents is 1. The van der Waals surface area contributed by atoms with Crippen LogP contribution in [0.3, 0.4) is 0 Å². The molecular weight excluding hydrogens is 205 g/mol. The standard InChI is InChI=1S/C9H8FNO4/c1-5-3-7(11(13)14)4-8(10)9(5)15-6(2)12/h3-4H,1-2H3. The van der Waals surface area contributed by atoms with Crippen molar-refractivity contribution in [2.45, 2.75) is 13.8 Å². The number of rotatable bonds is 2. The Morgan fingerprint density at radius 2 is 2.13 bits per heavy atom. The van der Waals surface area contributed by atoms with Gasteiger partial charge in [-0.15, -0.1) is 0 Å². The van der Waals surface area contributed by atoms with E-state index in [1.165, 1.54) is 6.92 Å². The maximum absolute atomic E-state index is 13.2. The summed E-state index contributed by atoms with van der Waals surface area (Å²) in [7, 11) is 0. The molecule has 15 heavy (non-hydrogen) atoms. The van der Waals surface area contributed by atoms with Gasteiger partial charge in [0.2, 0.25) is 0 Å². The minimum Gasteiger partial charge on any atom is -0.423 e. The summed E-state index contributed by atoms with van der Waals surface area (Å²) in [4.78, 5) is 20.3. The highest BCUT2D eigenvalue weighted by Crippen LogP contribution is 2.27. The van der Waals surface area contributed by atoms with Crippen LogP contribution in [-0.4, -0.2) is 10.9 Å². The Morgan fingerprint density at radius 1 is 1.53 bits per heavy atom. The lowest BCUT2D eigenvalue weighted by Gasteiger charge is -2.05. The Kier molecular flexibility index (Phi) is 2.99. The zero-order valence-corrected chi connectivity index (χ0v) is 8.11. The fourth-order valence-electron chi connectivity index (χ4n) is 1.09. The van der Waals surface area contributed by atoms with Gasteiger partial charge in [-0.2, -0.15) is 0 Å². The van der Waals surface area contributed by atoms with E-state index in [0.717, 1.165) is 13.0 Å². The average molecular weight is 213 g/mol. The Hall–Kier alpha value is -1.98. The van der Waals surface area contributed by atoms with E-state index >= 15 is 0 Å². The van der Waals surface area contributed by atoms with E-state index in [0.29, 0.717) is 6.07 Å². The van der Waals surface area contributed by atoms with Crippen molar-refractivity contribution in [3.63, 3.8) is 0 Å². The second-order valence-corrected chi connectivity index (χ2v) is 2.92. The number of hydrogen-bond acceptors (Lipinski definition) is 4. The molecule has 0 fully saturated rings. The van der Waals surface area contributed by atoms with Crippen molar-refractivity contribution < 1.29 is 18.8 Å². The van der Waals surface area contributed by atoms with Crippen LogP contribution in [-0.2, 0) is 4.79 Å². The van der Waals surface area contributed by atoms with Gasteiger partial charge >= 0.3 is 5.97 Å². The summed E-state index contributed by atoms with van der Waals surface area (Å²) in [5.41, 5.74) is -0.169. The molecule has 1 aromatic carbocycles. The van der Waals surface area contributed by atoms with Crippen molar-refractivity contribution in [1.29, 1.82) is 0 Å². The number of carbonyl (C=O) groups is 1. The molecule has 0 aliphatic rings. The predicted molar refractivity (Wildman–Crippen MR) is 49.1 cm³/mol. The lowest BCUT2D eigenvalue weighted by atomic mass is 10.2. The van der Waals surface area contributed by atoms with Crippen molar-refractivity contribution in [2.24, 2.45) is 0 Å². The first-order valence-electron chi connectivity index (χ1n) is 4.04. The number of halogens is 1. The van der Waals surface area contributed by atoms with Crippen molar-refractivity contribution >= 4 is 11.7 Å². The third-order valence-corrected chi connectivity index (χ3v) is 1.67. The number of nitrogens with zero attached hydrogens (tertiary/aromatic N) is 1. The number of esters is 1. The molecule has 0 unspecified atom stereocenters. The summed E-state index contributed by atoms with van der Waals surface area (Å²) >= 11 is 0. The average Bonchev–Trinajstić information content (AvgIpc) is 2.10. The van der Waals surface area contributed by atoms with Crippen LogP contribution in [0, 0.1) is 22.9 Å². The van der Waals surface area contributed by atoms with Crippen LogP contribution in [0.4, 0.5) is 10.1 Å². The number of carbonyl (C=O) groups excluding carboxylic acids is 1. The molecule has 0 amide bonds. The molecule has 80 valence electrons. The van der Waals surface area contributed by atoms with Gasteiger partial charge in [0.1, 0.15) is 0 Å². The summed E-state index contributed by atoms with van der Waals surface area (Å²) in [6.07, 6.45) is 0. The molecule has 0 heterocycles. The minimum atomic E-state index is -0.920. The lowest BCUT2D eigenvalue weighted by Crippen LogP contribution is -2.05. The monoisotopic (exact) mass is 213 g/mol. The third kappa shape index (κ3) is 2.49. The molecule has 0 aliphatic carbocycles. The number of hydrogen-bond donors (Lipinski definition) is 0. The van der Waals surface area contributed by atoms with E-state index in [-0.39, 0.29) is 17.0 Å². The van der Waals surface area contributed by atoms with E-state index in [4.69, 9.17) is 0 Å². The van der Waals surface area contributed by atoms with Crippen molar-refractivity contribution in [1.82, 2.24) is 0 Å². The van der Waals surface area contributed by atoms with Crippen LogP contribution < -0.4 is 4.74 Å². The highest BCUT2D eigenvalue weighted by atomic mass is 19.1. The fraction of sp³-hybridized carbons (Fsp3) is 0.222. The molecular formula is C9H8FNO4. The molecule has 0 saturated heterocycles. The molecule has 1 aromatic rings. The molecule has 0 aliphatic heterocycles. The molecule has 0 atom stereocenters. The van der Waals surface area contributed by atoms with E-state index in [2.05, 4.69) is 4.74 Å². The maximum Gasteiger partial charge on any atom is 0.308 e. The first kappa shape index (κ1) is 11.1. The van der Waals surface area contributed by atoms with E-state index in [1.807, 2.05) is 0 Å². The van der Waals surface area contributed by atoms with Gasteiger partial charge in [0.15, 0.2) is 11.6 Å². The Balaban J connectivity index is 3.21. The summed E-state index contributed by atoms with van der Waals surface area (Å²) in [6, 6.07) is 1.85. The van der Waals surface area contributed by atoms with Gasteiger partial charge in [-0.3, -0.25) is 14.9 Å². The van der Waals surface area contributed by atoms with Gasteiger partial charge in [0.05, 0.1) is 11.0 Å². The molecule has 0 N–H and O–H groups in total. The van der Waals surface area contributed by atoms with Crippen molar-refractivity contribution in [2.75, 3.05) is 0 Å². The predicted octanol–water partition coefficient (Wildman–Crippen LogP) is 1.97. The molecule has 0 saturated carbocycles. The SMILES string of the molecule is CC(=O)Oc1c(C)cc([N+](=O)[O-])cc1F.